The summed E-state index contributed by atoms with van der Waals surface area (Å²) in [4.78, 5) is 4.34. The van der Waals surface area contributed by atoms with Crippen LogP contribution in [0.1, 0.15) is 11.5 Å². The van der Waals surface area contributed by atoms with Crippen LogP contribution in [0.5, 0.6) is 0 Å². The Labute approximate surface area is 125 Å². The molecule has 0 saturated heterocycles. The minimum absolute atomic E-state index is 0.153. The van der Waals surface area contributed by atoms with E-state index < -0.39 is 11.6 Å². The predicted molar refractivity (Wildman–Crippen MR) is 76.4 cm³/mol. The molecule has 0 amide bonds. The molecule has 0 bridgehead atoms. The fourth-order valence-corrected chi connectivity index (χ4v) is 2.53. The number of alkyl halides is 1. The number of hydrogen-bond donors (Lipinski definition) is 0. The second-order valence-electron chi connectivity index (χ2n) is 4.76. The highest BCUT2D eigenvalue weighted by Gasteiger charge is 2.18. The third-order valence-electron chi connectivity index (χ3n) is 3.29. The smallest absolute Gasteiger partial charge is 0.184 e. The van der Waals surface area contributed by atoms with Crippen LogP contribution in [0.3, 0.4) is 0 Å². The lowest BCUT2D eigenvalue weighted by Gasteiger charge is -2.07. The first-order valence-corrected chi connectivity index (χ1v) is 7.01. The van der Waals surface area contributed by atoms with Gasteiger partial charge in [0.05, 0.1) is 17.8 Å². The van der Waals surface area contributed by atoms with Gasteiger partial charge in [0.15, 0.2) is 11.6 Å². The van der Waals surface area contributed by atoms with Gasteiger partial charge in [-0.3, -0.25) is 4.68 Å². The number of nitrogens with zero attached hydrogens (tertiary/aromatic N) is 4. The summed E-state index contributed by atoms with van der Waals surface area (Å²) in [5.41, 5.74) is 1.32. The first kappa shape index (κ1) is 14.0. The average molecular weight is 311 g/mol. The van der Waals surface area contributed by atoms with Gasteiger partial charge in [-0.15, -0.1) is 11.6 Å². The summed E-state index contributed by atoms with van der Waals surface area (Å²) in [6, 6.07) is 4.38. The Hall–Kier alpha value is -1.95. The molecule has 0 unspecified atom stereocenters. The van der Waals surface area contributed by atoms with E-state index in [4.69, 9.17) is 11.6 Å². The molecule has 0 aliphatic rings. The summed E-state index contributed by atoms with van der Waals surface area (Å²) in [7, 11) is 1.80. The predicted octanol–water partition coefficient (Wildman–Crippen LogP) is 2.88. The summed E-state index contributed by atoms with van der Waals surface area (Å²) in [6.45, 7) is 0.323. The molecule has 21 heavy (non-hydrogen) atoms. The fraction of sp³-hybridized carbons (Fsp3) is 0.286. The molecule has 110 valence electrons. The maximum Gasteiger partial charge on any atom is 0.184 e. The Morgan fingerprint density at radius 1 is 1.24 bits per heavy atom. The second kappa shape index (κ2) is 5.44. The van der Waals surface area contributed by atoms with Crippen LogP contribution >= 0.6 is 11.6 Å². The molecule has 3 rings (SSSR count). The lowest BCUT2D eigenvalue weighted by atomic mass is 10.3. The van der Waals surface area contributed by atoms with E-state index >= 15 is 0 Å². The maximum absolute atomic E-state index is 14.1. The summed E-state index contributed by atoms with van der Waals surface area (Å²) >= 11 is 5.77. The van der Waals surface area contributed by atoms with E-state index in [1.807, 2.05) is 6.07 Å². The molecule has 0 radical (unpaired) electrons. The zero-order valence-electron chi connectivity index (χ0n) is 11.4. The molecule has 0 saturated carbocycles. The zero-order valence-corrected chi connectivity index (χ0v) is 12.1. The lowest BCUT2D eigenvalue weighted by Crippen LogP contribution is -2.08. The van der Waals surface area contributed by atoms with Crippen LogP contribution in [-0.2, 0) is 20.0 Å². The number of benzene rings is 1. The number of hydrogen-bond acceptors (Lipinski definition) is 2. The number of fused-ring (bicyclic) bond motifs is 1. The van der Waals surface area contributed by atoms with Gasteiger partial charge >= 0.3 is 0 Å². The molecular formula is C14H13ClF2N4. The van der Waals surface area contributed by atoms with Crippen molar-refractivity contribution in [2.45, 2.75) is 13.0 Å². The van der Waals surface area contributed by atoms with E-state index in [0.29, 0.717) is 30.2 Å². The van der Waals surface area contributed by atoms with Gasteiger partial charge in [-0.05, 0) is 18.2 Å². The first-order valence-electron chi connectivity index (χ1n) is 6.47. The molecule has 0 N–H and O–H groups in total. The molecule has 7 heteroatoms. The third-order valence-corrected chi connectivity index (χ3v) is 3.47. The minimum atomic E-state index is -0.892. The molecule has 4 nitrogen and oxygen atoms in total. The van der Waals surface area contributed by atoms with Crippen molar-refractivity contribution in [1.82, 2.24) is 19.3 Å². The Bertz CT molecular complexity index is 794. The molecule has 0 aliphatic carbocycles. The molecule has 0 fully saturated rings. The minimum Gasteiger partial charge on any atom is -0.319 e. The van der Waals surface area contributed by atoms with E-state index in [-0.39, 0.29) is 5.52 Å². The van der Waals surface area contributed by atoms with Crippen molar-refractivity contribution in [3.63, 3.8) is 0 Å². The van der Waals surface area contributed by atoms with Crippen LogP contribution in [-0.4, -0.2) is 25.2 Å². The molecule has 3 aromatic rings. The van der Waals surface area contributed by atoms with Crippen molar-refractivity contribution in [3.8, 4) is 0 Å². The Morgan fingerprint density at radius 2 is 2.05 bits per heavy atom. The van der Waals surface area contributed by atoms with Gasteiger partial charge in [0.25, 0.3) is 0 Å². The standard InChI is InChI=1S/C14H13ClF2N4/c1-20-7-5-9(19-20)8-21-12(4-6-15)18-11-3-2-10(16)13(17)14(11)21/h2-3,5,7H,4,6,8H2,1H3. The third kappa shape index (κ3) is 2.51. The molecule has 0 atom stereocenters. The SMILES string of the molecule is Cn1ccc(Cn2c(CCCl)nc3ccc(F)c(F)c32)n1. The lowest BCUT2D eigenvalue weighted by molar-refractivity contribution is 0.511. The van der Waals surface area contributed by atoms with Gasteiger partial charge in [0, 0.05) is 25.5 Å². The largest absolute Gasteiger partial charge is 0.319 e. The molecule has 0 aliphatic heterocycles. The highest BCUT2D eigenvalue weighted by atomic mass is 35.5. The second-order valence-corrected chi connectivity index (χ2v) is 5.14. The summed E-state index contributed by atoms with van der Waals surface area (Å²) in [6.07, 6.45) is 2.27. The van der Waals surface area contributed by atoms with E-state index in [1.54, 1.807) is 22.5 Å². The zero-order chi connectivity index (χ0) is 15.0. The van der Waals surface area contributed by atoms with Crippen molar-refractivity contribution in [3.05, 3.63) is 47.5 Å². The Kier molecular flexibility index (Phi) is 3.63. The van der Waals surface area contributed by atoms with Crippen molar-refractivity contribution in [2.24, 2.45) is 7.05 Å². The normalized spacial score (nSPS) is 11.4. The van der Waals surface area contributed by atoms with Crippen molar-refractivity contribution in [2.75, 3.05) is 5.88 Å². The molecular weight excluding hydrogens is 298 g/mol. The van der Waals surface area contributed by atoms with E-state index in [1.165, 1.54) is 6.07 Å². The maximum atomic E-state index is 14.1. The van der Waals surface area contributed by atoms with Crippen molar-refractivity contribution in [1.29, 1.82) is 0 Å². The first-order chi connectivity index (χ1) is 10.1. The van der Waals surface area contributed by atoms with Gasteiger partial charge in [0.1, 0.15) is 11.3 Å². The van der Waals surface area contributed by atoms with Crippen LogP contribution < -0.4 is 0 Å². The quantitative estimate of drug-likeness (QED) is 0.695. The van der Waals surface area contributed by atoms with Crippen molar-refractivity contribution < 1.29 is 8.78 Å². The van der Waals surface area contributed by atoms with Gasteiger partial charge in [-0.25, -0.2) is 13.8 Å². The topological polar surface area (TPSA) is 35.6 Å². The summed E-state index contributed by atoms with van der Waals surface area (Å²) < 4.78 is 30.9. The number of halogens is 3. The van der Waals surface area contributed by atoms with Crippen LogP contribution in [0.25, 0.3) is 11.0 Å². The number of rotatable bonds is 4. The van der Waals surface area contributed by atoms with Crippen LogP contribution in [0.15, 0.2) is 24.4 Å². The van der Waals surface area contributed by atoms with Crippen LogP contribution in [0.4, 0.5) is 8.78 Å². The monoisotopic (exact) mass is 310 g/mol. The number of aryl methyl sites for hydroxylation is 2. The highest BCUT2D eigenvalue weighted by molar-refractivity contribution is 6.17. The fourth-order valence-electron chi connectivity index (χ4n) is 2.36. The van der Waals surface area contributed by atoms with Gasteiger partial charge in [-0.1, -0.05) is 0 Å². The van der Waals surface area contributed by atoms with Gasteiger partial charge < -0.3 is 4.57 Å². The molecule has 1 aromatic carbocycles. The average Bonchev–Trinajstić information content (AvgIpc) is 3.00. The highest BCUT2D eigenvalue weighted by Crippen LogP contribution is 2.23. The Morgan fingerprint density at radius 3 is 2.71 bits per heavy atom. The Balaban J connectivity index is 2.16. The van der Waals surface area contributed by atoms with Crippen LogP contribution in [0, 0.1) is 11.6 Å². The molecule has 2 aromatic heterocycles. The number of aromatic nitrogens is 4. The van der Waals surface area contributed by atoms with E-state index in [0.717, 1.165) is 11.8 Å². The van der Waals surface area contributed by atoms with E-state index in [9.17, 15) is 8.78 Å². The van der Waals surface area contributed by atoms with E-state index in [2.05, 4.69) is 10.1 Å². The van der Waals surface area contributed by atoms with Crippen molar-refractivity contribution >= 4 is 22.6 Å². The van der Waals surface area contributed by atoms with Gasteiger partial charge in [-0.2, -0.15) is 5.10 Å². The summed E-state index contributed by atoms with van der Waals surface area (Å²) in [5.74, 6) is -0.802. The van der Waals surface area contributed by atoms with Gasteiger partial charge in [0.2, 0.25) is 0 Å². The van der Waals surface area contributed by atoms with Crippen LogP contribution in [0.2, 0.25) is 0 Å². The molecule has 2 heterocycles. The number of imidazole rings is 1. The summed E-state index contributed by atoms with van der Waals surface area (Å²) in [5, 5.41) is 4.26. The molecule has 0 spiro atoms.